The Morgan fingerprint density at radius 2 is 1.56 bits per heavy atom. The van der Waals surface area contributed by atoms with Gasteiger partial charge in [0.25, 0.3) is 21.5 Å². The molecule has 0 bridgehead atoms. The second-order valence-electron chi connectivity index (χ2n) is 13.4. The molecule has 0 aliphatic carbocycles. The summed E-state index contributed by atoms with van der Waals surface area (Å²) < 4.78 is 72.2. The molecule has 3 heterocycles. The third-order valence-corrected chi connectivity index (χ3v) is 10.9. The van der Waals surface area contributed by atoms with Crippen LogP contribution in [0.25, 0.3) is 27.7 Å². The number of benzene rings is 3. The molecule has 0 aliphatic heterocycles. The largest absolute Gasteiger partial charge is 0.461 e. The molecule has 0 saturated carbocycles. The van der Waals surface area contributed by atoms with Crippen molar-refractivity contribution in [1.29, 1.82) is 0 Å². The van der Waals surface area contributed by atoms with Crippen LogP contribution < -0.4 is 21.3 Å². The molecule has 18 heteroatoms. The van der Waals surface area contributed by atoms with Crippen LogP contribution >= 0.6 is 0 Å². The number of rotatable bonds is 15. The quantitative estimate of drug-likeness (QED) is 0.135. The molecule has 306 valence electrons. The Hall–Kier alpha value is -6.66. The second kappa shape index (κ2) is 17.9. The van der Waals surface area contributed by atoms with Gasteiger partial charge in [0.05, 0.1) is 38.9 Å². The summed E-state index contributed by atoms with van der Waals surface area (Å²) in [5.74, 6) is -4.08. The normalized spacial score (nSPS) is 12.1. The van der Waals surface area contributed by atoms with Gasteiger partial charge in [-0.05, 0) is 60.4 Å². The number of amides is 1. The van der Waals surface area contributed by atoms with E-state index in [1.807, 2.05) is 18.6 Å². The predicted octanol–water partition coefficient (Wildman–Crippen LogP) is 4.84. The number of ether oxygens (including phenoxy) is 2. The van der Waals surface area contributed by atoms with E-state index in [2.05, 4.69) is 20.3 Å². The van der Waals surface area contributed by atoms with Crippen LogP contribution in [0.3, 0.4) is 0 Å². The average Bonchev–Trinajstić information content (AvgIpc) is 3.23. The van der Waals surface area contributed by atoms with Gasteiger partial charge in [-0.2, -0.15) is 0 Å². The zero-order chi connectivity index (χ0) is 42.4. The van der Waals surface area contributed by atoms with Crippen molar-refractivity contribution in [3.05, 3.63) is 141 Å². The van der Waals surface area contributed by atoms with Crippen molar-refractivity contribution >= 4 is 38.5 Å². The second-order valence-corrected chi connectivity index (χ2v) is 15.1. The van der Waals surface area contributed by atoms with Gasteiger partial charge in [-0.15, -0.1) is 0 Å². The van der Waals surface area contributed by atoms with Crippen molar-refractivity contribution in [3.63, 3.8) is 0 Å². The van der Waals surface area contributed by atoms with E-state index in [9.17, 15) is 27.6 Å². The van der Waals surface area contributed by atoms with E-state index >= 15 is 8.78 Å². The van der Waals surface area contributed by atoms with E-state index in [1.54, 1.807) is 24.5 Å². The molecule has 3 aromatic carbocycles. The number of anilines is 1. The number of sulfonamides is 1. The van der Waals surface area contributed by atoms with Gasteiger partial charge in [-0.25, -0.2) is 41.3 Å². The number of nitrogens with zero attached hydrogens (tertiary/aromatic N) is 5. The van der Waals surface area contributed by atoms with Gasteiger partial charge in [0.15, 0.2) is 5.82 Å². The van der Waals surface area contributed by atoms with E-state index in [-0.39, 0.29) is 29.0 Å². The lowest BCUT2D eigenvalue weighted by Gasteiger charge is -2.22. The summed E-state index contributed by atoms with van der Waals surface area (Å²) in [6, 6.07) is 12.8. The number of pyridine rings is 1. The third kappa shape index (κ3) is 9.23. The van der Waals surface area contributed by atoms with E-state index in [4.69, 9.17) is 9.47 Å². The minimum Gasteiger partial charge on any atom is -0.461 e. The lowest BCUT2D eigenvalue weighted by atomic mass is 10.0. The first kappa shape index (κ1) is 42.0. The van der Waals surface area contributed by atoms with Gasteiger partial charge in [0.2, 0.25) is 0 Å². The van der Waals surface area contributed by atoms with Gasteiger partial charge in [-0.1, -0.05) is 38.1 Å². The van der Waals surface area contributed by atoms with Crippen molar-refractivity contribution in [1.82, 2.24) is 29.4 Å². The van der Waals surface area contributed by atoms with Crippen molar-refractivity contribution in [2.75, 3.05) is 11.8 Å². The van der Waals surface area contributed by atoms with Gasteiger partial charge >= 0.3 is 11.7 Å². The number of esters is 1. The number of nitrogens with one attached hydrogen (secondary N) is 2. The van der Waals surface area contributed by atoms with Gasteiger partial charge in [0.1, 0.15) is 30.4 Å². The number of hydrogen-bond acceptors (Lipinski definition) is 11. The molecule has 59 heavy (non-hydrogen) atoms. The Morgan fingerprint density at radius 3 is 2.20 bits per heavy atom. The Morgan fingerprint density at radius 1 is 0.881 bits per heavy atom. The van der Waals surface area contributed by atoms with Crippen molar-refractivity contribution in [3.8, 4) is 16.8 Å². The van der Waals surface area contributed by atoms with Crippen LogP contribution in [0.5, 0.6) is 0 Å². The topological polar surface area (TPSA) is 193 Å². The van der Waals surface area contributed by atoms with E-state index < -0.39 is 68.2 Å². The summed E-state index contributed by atoms with van der Waals surface area (Å²) in [7, 11) is -1.40. The SMILES string of the molecule is CCC(CC)OC(=O)[C@H](Cc1ccc(-n2c(=O)c3ccncc3n(C)c2=O)cc1)NC(=O)c1cc(F)c(NS(=O)(=O)c2ccc(-c3cnc(COC)nc3)cc2)cc1F. The lowest BCUT2D eigenvalue weighted by molar-refractivity contribution is -0.151. The van der Waals surface area contributed by atoms with E-state index in [1.165, 1.54) is 73.6 Å². The van der Waals surface area contributed by atoms with Crippen LogP contribution in [0.15, 0.2) is 106 Å². The molecular weight excluding hydrogens is 789 g/mol. The Kier molecular flexibility index (Phi) is 12.7. The van der Waals surface area contributed by atoms with Gasteiger partial charge < -0.3 is 14.8 Å². The summed E-state index contributed by atoms with van der Waals surface area (Å²) in [5, 5.41) is 2.70. The number of methoxy groups -OCH3 is 1. The molecule has 1 atom stereocenters. The fraction of sp³-hybridized carbons (Fsp3) is 0.244. The van der Waals surface area contributed by atoms with Crippen LogP contribution in [-0.2, 0) is 44.4 Å². The monoisotopic (exact) mass is 827 g/mol. The first-order chi connectivity index (χ1) is 28.2. The number of aryl methyl sites for hydroxylation is 1. The molecule has 0 fully saturated rings. The number of aromatic nitrogens is 5. The summed E-state index contributed by atoms with van der Waals surface area (Å²) in [6.07, 6.45) is 6.25. The van der Waals surface area contributed by atoms with Crippen LogP contribution in [0.1, 0.15) is 48.4 Å². The smallest absolute Gasteiger partial charge is 0.335 e. The van der Waals surface area contributed by atoms with Crippen molar-refractivity contribution in [2.45, 2.75) is 56.8 Å². The molecule has 0 spiro atoms. The van der Waals surface area contributed by atoms with Gasteiger partial charge in [0, 0.05) is 50.8 Å². The Balaban J connectivity index is 1.20. The van der Waals surface area contributed by atoms with Crippen LogP contribution in [0, 0.1) is 11.6 Å². The first-order valence-electron chi connectivity index (χ1n) is 18.3. The van der Waals surface area contributed by atoms with Crippen LogP contribution in [0.2, 0.25) is 0 Å². The highest BCUT2D eigenvalue weighted by Gasteiger charge is 2.28. The summed E-state index contributed by atoms with van der Waals surface area (Å²) in [4.78, 5) is 65.4. The van der Waals surface area contributed by atoms with Gasteiger partial charge in [-0.3, -0.25) is 23.9 Å². The van der Waals surface area contributed by atoms with E-state index in [0.29, 0.717) is 53.0 Å². The minimum atomic E-state index is -4.42. The van der Waals surface area contributed by atoms with Crippen LogP contribution in [-0.4, -0.2) is 63.6 Å². The maximum absolute atomic E-state index is 15.5. The Bertz CT molecular complexity index is 2740. The number of halogens is 2. The van der Waals surface area contributed by atoms with E-state index in [0.717, 1.165) is 4.57 Å². The zero-order valence-corrected chi connectivity index (χ0v) is 33.1. The molecular formula is C41H39F2N7O8S. The number of carbonyl (C=O) groups excluding carboxylic acids is 2. The maximum atomic E-state index is 15.5. The predicted molar refractivity (Wildman–Crippen MR) is 213 cm³/mol. The summed E-state index contributed by atoms with van der Waals surface area (Å²) in [6.45, 7) is 3.84. The summed E-state index contributed by atoms with van der Waals surface area (Å²) >= 11 is 0. The zero-order valence-electron chi connectivity index (χ0n) is 32.3. The molecule has 0 unspecified atom stereocenters. The molecule has 6 rings (SSSR count). The molecule has 0 aliphatic rings. The fourth-order valence-electron chi connectivity index (χ4n) is 6.21. The number of hydrogen-bond donors (Lipinski definition) is 2. The first-order valence-corrected chi connectivity index (χ1v) is 19.8. The molecule has 3 aromatic heterocycles. The molecule has 0 saturated heterocycles. The standard InChI is InChI=1S/C41H39F2N7O8S/c1-5-28(6-2)58-40(53)35(17-24-7-11-27(12-8-24)50-39(52)30-15-16-44-22-36(30)49(3)41(50)54)47-38(51)31-18-33(43)34(19-32(31)42)48-59(55,56)29-13-9-25(10-14-29)26-20-45-37(23-57-4)46-21-26/h7-16,18-22,28,35,48H,5-6,17,23H2,1-4H3,(H,47,51)/t35-/m0/s1. The highest BCUT2D eigenvalue weighted by molar-refractivity contribution is 7.92. The fourth-order valence-corrected chi connectivity index (χ4v) is 7.27. The highest BCUT2D eigenvalue weighted by Crippen LogP contribution is 2.25. The Labute approximate surface area is 336 Å². The average molecular weight is 828 g/mol. The van der Waals surface area contributed by atoms with Crippen molar-refractivity contribution < 1.29 is 36.3 Å². The number of carbonyl (C=O) groups is 2. The molecule has 15 nitrogen and oxygen atoms in total. The lowest BCUT2D eigenvalue weighted by Crippen LogP contribution is -2.44. The molecule has 2 N–H and O–H groups in total. The molecule has 6 aromatic rings. The maximum Gasteiger partial charge on any atom is 0.335 e. The highest BCUT2D eigenvalue weighted by atomic mass is 32.2. The molecule has 1 amide bonds. The summed E-state index contributed by atoms with van der Waals surface area (Å²) in [5.41, 5.74) is -0.459. The third-order valence-electron chi connectivity index (χ3n) is 9.51. The van der Waals surface area contributed by atoms with Crippen molar-refractivity contribution in [2.24, 2.45) is 7.05 Å². The van der Waals surface area contributed by atoms with Crippen LogP contribution in [0.4, 0.5) is 14.5 Å². The number of fused-ring (bicyclic) bond motifs is 1. The minimum absolute atomic E-state index is 0.172. The molecule has 0 radical (unpaired) electrons.